The molecule has 2 N–H and O–H groups in total. The van der Waals surface area contributed by atoms with Crippen molar-refractivity contribution in [1.29, 1.82) is 0 Å². The van der Waals surface area contributed by atoms with Crippen molar-refractivity contribution in [2.24, 2.45) is 0 Å². The van der Waals surface area contributed by atoms with Gasteiger partial charge in [-0.25, -0.2) is 0 Å². The Labute approximate surface area is 94.2 Å². The quantitative estimate of drug-likeness (QED) is 0.781. The van der Waals surface area contributed by atoms with Gasteiger partial charge in [0.1, 0.15) is 6.26 Å². The molecule has 5 nitrogen and oxygen atoms in total. The Bertz CT molecular complexity index is 346. The fraction of sp³-hybridized carbons (Fsp3) is 0.455. The van der Waals surface area contributed by atoms with Crippen LogP contribution in [0.4, 0.5) is 0 Å². The lowest BCUT2D eigenvalue weighted by molar-refractivity contribution is -0.120. The van der Waals surface area contributed by atoms with E-state index < -0.39 is 0 Å². The van der Waals surface area contributed by atoms with E-state index in [-0.39, 0.29) is 24.4 Å². The Kier molecular flexibility index (Phi) is 4.57. The van der Waals surface area contributed by atoms with Crippen LogP contribution in [0.25, 0.3) is 0 Å². The number of furan rings is 1. The molecule has 1 heterocycles. The van der Waals surface area contributed by atoms with Crippen LogP contribution in [0, 0.1) is 0 Å². The number of carbonyl (C=O) groups is 2. The first kappa shape index (κ1) is 12.3. The molecule has 2 amide bonds. The molecule has 1 atom stereocenters. The Balaban J connectivity index is 2.29. The van der Waals surface area contributed by atoms with E-state index in [1.165, 1.54) is 12.5 Å². The second-order valence-electron chi connectivity index (χ2n) is 3.57. The van der Waals surface area contributed by atoms with Crippen LogP contribution in [0.1, 0.15) is 30.6 Å². The largest absolute Gasteiger partial charge is 0.472 e. The predicted molar refractivity (Wildman–Crippen MR) is 58.9 cm³/mol. The first-order chi connectivity index (χ1) is 7.63. The molecule has 1 aromatic rings. The van der Waals surface area contributed by atoms with Crippen LogP contribution in [0.3, 0.4) is 0 Å². The van der Waals surface area contributed by atoms with Crippen molar-refractivity contribution in [3.05, 3.63) is 24.2 Å². The van der Waals surface area contributed by atoms with Gasteiger partial charge < -0.3 is 15.1 Å². The van der Waals surface area contributed by atoms with Gasteiger partial charge >= 0.3 is 0 Å². The molecule has 0 aliphatic rings. The van der Waals surface area contributed by atoms with Gasteiger partial charge in [0.15, 0.2) is 0 Å². The van der Waals surface area contributed by atoms with Gasteiger partial charge in [0.25, 0.3) is 5.91 Å². The number of carbonyl (C=O) groups excluding carboxylic acids is 2. The van der Waals surface area contributed by atoms with Gasteiger partial charge in [-0.05, 0) is 19.4 Å². The van der Waals surface area contributed by atoms with Crippen molar-refractivity contribution in [3.8, 4) is 0 Å². The third-order valence-corrected chi connectivity index (χ3v) is 2.21. The Morgan fingerprint density at radius 1 is 1.50 bits per heavy atom. The Hall–Kier alpha value is -1.78. The van der Waals surface area contributed by atoms with Gasteiger partial charge in [0.2, 0.25) is 5.91 Å². The van der Waals surface area contributed by atoms with E-state index in [4.69, 9.17) is 4.42 Å². The molecule has 0 spiro atoms. The van der Waals surface area contributed by atoms with E-state index in [9.17, 15) is 9.59 Å². The summed E-state index contributed by atoms with van der Waals surface area (Å²) in [5.41, 5.74) is 0.413. The van der Waals surface area contributed by atoms with E-state index in [1.54, 1.807) is 6.07 Å². The second-order valence-corrected chi connectivity index (χ2v) is 3.57. The molecule has 0 aliphatic carbocycles. The predicted octanol–water partition coefficient (Wildman–Crippen LogP) is 0.924. The van der Waals surface area contributed by atoms with E-state index in [1.807, 2.05) is 13.8 Å². The first-order valence-electron chi connectivity index (χ1n) is 5.23. The van der Waals surface area contributed by atoms with Crippen LogP contribution in [0.15, 0.2) is 23.0 Å². The number of hydrogen-bond acceptors (Lipinski definition) is 3. The van der Waals surface area contributed by atoms with E-state index in [2.05, 4.69) is 10.6 Å². The SMILES string of the molecule is CC[C@@H](C)NC(=O)CNC(=O)c1ccoc1. The summed E-state index contributed by atoms with van der Waals surface area (Å²) in [4.78, 5) is 22.8. The molecular weight excluding hydrogens is 208 g/mol. The highest BCUT2D eigenvalue weighted by molar-refractivity contribution is 5.96. The van der Waals surface area contributed by atoms with Crippen LogP contribution in [0.5, 0.6) is 0 Å². The molecule has 0 fully saturated rings. The molecule has 1 rings (SSSR count). The van der Waals surface area contributed by atoms with Gasteiger partial charge in [-0.2, -0.15) is 0 Å². The van der Waals surface area contributed by atoms with E-state index in [0.717, 1.165) is 6.42 Å². The second kappa shape index (κ2) is 5.95. The normalized spacial score (nSPS) is 11.9. The smallest absolute Gasteiger partial charge is 0.254 e. The van der Waals surface area contributed by atoms with E-state index in [0.29, 0.717) is 5.56 Å². The summed E-state index contributed by atoms with van der Waals surface area (Å²) in [6.07, 6.45) is 3.61. The summed E-state index contributed by atoms with van der Waals surface area (Å²) in [7, 11) is 0. The van der Waals surface area contributed by atoms with Gasteiger partial charge in [-0.3, -0.25) is 9.59 Å². The average Bonchev–Trinajstić information content (AvgIpc) is 2.79. The van der Waals surface area contributed by atoms with Gasteiger partial charge in [-0.15, -0.1) is 0 Å². The maximum absolute atomic E-state index is 11.4. The Morgan fingerprint density at radius 2 is 2.25 bits per heavy atom. The van der Waals surface area contributed by atoms with E-state index >= 15 is 0 Å². The van der Waals surface area contributed by atoms with Gasteiger partial charge in [0, 0.05) is 6.04 Å². The molecule has 16 heavy (non-hydrogen) atoms. The van der Waals surface area contributed by atoms with Crippen molar-refractivity contribution in [1.82, 2.24) is 10.6 Å². The molecule has 5 heteroatoms. The number of nitrogens with one attached hydrogen (secondary N) is 2. The molecule has 0 saturated carbocycles. The minimum atomic E-state index is -0.312. The molecule has 0 bridgehead atoms. The molecular formula is C11H16N2O3. The summed E-state index contributed by atoms with van der Waals surface area (Å²) in [6, 6.07) is 1.67. The minimum Gasteiger partial charge on any atom is -0.472 e. The lowest BCUT2D eigenvalue weighted by Crippen LogP contribution is -2.40. The van der Waals surface area contributed by atoms with Crippen LogP contribution >= 0.6 is 0 Å². The highest BCUT2D eigenvalue weighted by Gasteiger charge is 2.09. The Morgan fingerprint density at radius 3 is 2.81 bits per heavy atom. The lowest BCUT2D eigenvalue weighted by atomic mass is 10.2. The molecule has 88 valence electrons. The molecule has 0 saturated heterocycles. The highest BCUT2D eigenvalue weighted by atomic mass is 16.3. The third kappa shape index (κ3) is 3.76. The molecule has 0 aliphatic heterocycles. The first-order valence-corrected chi connectivity index (χ1v) is 5.23. The summed E-state index contributed by atoms with van der Waals surface area (Å²) >= 11 is 0. The molecule has 0 radical (unpaired) electrons. The van der Waals surface area contributed by atoms with Crippen LogP contribution in [0.2, 0.25) is 0 Å². The number of rotatable bonds is 5. The zero-order valence-electron chi connectivity index (χ0n) is 9.45. The zero-order valence-corrected chi connectivity index (χ0v) is 9.45. The summed E-state index contributed by atoms with van der Waals surface area (Å²) in [6.45, 7) is 3.87. The van der Waals surface area contributed by atoms with Crippen molar-refractivity contribution < 1.29 is 14.0 Å². The highest BCUT2D eigenvalue weighted by Crippen LogP contribution is 1.98. The maximum Gasteiger partial charge on any atom is 0.254 e. The lowest BCUT2D eigenvalue weighted by Gasteiger charge is -2.11. The molecule has 0 aromatic carbocycles. The maximum atomic E-state index is 11.4. The minimum absolute atomic E-state index is 0.0195. The van der Waals surface area contributed by atoms with Crippen molar-refractivity contribution in [2.75, 3.05) is 6.54 Å². The van der Waals surface area contributed by atoms with Crippen LogP contribution in [-0.4, -0.2) is 24.4 Å². The van der Waals surface area contributed by atoms with Crippen molar-refractivity contribution in [3.63, 3.8) is 0 Å². The molecule has 1 aromatic heterocycles. The monoisotopic (exact) mass is 224 g/mol. The number of amides is 2. The zero-order chi connectivity index (χ0) is 12.0. The average molecular weight is 224 g/mol. The molecule has 0 unspecified atom stereocenters. The van der Waals surface area contributed by atoms with Crippen molar-refractivity contribution in [2.45, 2.75) is 26.3 Å². The number of hydrogen-bond donors (Lipinski definition) is 2. The fourth-order valence-corrected chi connectivity index (χ4v) is 1.08. The summed E-state index contributed by atoms with van der Waals surface area (Å²) < 4.78 is 4.76. The van der Waals surface area contributed by atoms with Crippen LogP contribution in [-0.2, 0) is 4.79 Å². The summed E-state index contributed by atoms with van der Waals surface area (Å²) in [5, 5.41) is 5.26. The van der Waals surface area contributed by atoms with Crippen LogP contribution < -0.4 is 10.6 Å². The summed E-state index contributed by atoms with van der Waals surface area (Å²) in [5.74, 6) is -0.501. The van der Waals surface area contributed by atoms with Gasteiger partial charge in [0.05, 0.1) is 18.4 Å². The van der Waals surface area contributed by atoms with Gasteiger partial charge in [-0.1, -0.05) is 6.92 Å². The standard InChI is InChI=1S/C11H16N2O3/c1-3-8(2)13-10(14)6-12-11(15)9-4-5-16-7-9/h4-5,7-8H,3,6H2,1-2H3,(H,12,15)(H,13,14)/t8-/m1/s1. The topological polar surface area (TPSA) is 71.3 Å². The van der Waals surface area contributed by atoms with Crippen molar-refractivity contribution >= 4 is 11.8 Å². The fourth-order valence-electron chi connectivity index (χ4n) is 1.08. The third-order valence-electron chi connectivity index (χ3n) is 2.21.